The molecule has 0 heterocycles. The van der Waals surface area contributed by atoms with Gasteiger partial charge in [-0.05, 0) is 12.5 Å². The maximum Gasteiger partial charge on any atom is 0.321 e. The molecule has 0 saturated heterocycles. The van der Waals surface area contributed by atoms with Crippen molar-refractivity contribution < 1.29 is 18.3 Å². The fraction of sp³-hybridized carbons (Fsp3) is 0.300. The first-order valence-electron chi connectivity index (χ1n) is 4.94. The van der Waals surface area contributed by atoms with Gasteiger partial charge < -0.3 is 5.11 Å². The van der Waals surface area contributed by atoms with Crippen LogP contribution in [0.3, 0.4) is 0 Å². The van der Waals surface area contributed by atoms with Crippen LogP contribution in [0, 0.1) is 0 Å². The number of rotatable bonds is 6. The fourth-order valence-electron chi connectivity index (χ4n) is 1.10. The van der Waals surface area contributed by atoms with E-state index in [1.807, 2.05) is 10.8 Å². The minimum atomic E-state index is -3.80. The van der Waals surface area contributed by atoms with Crippen molar-refractivity contribution >= 4 is 16.2 Å². The average molecular weight is 258 g/mol. The van der Waals surface area contributed by atoms with Gasteiger partial charge in [-0.3, -0.25) is 4.79 Å². The first kappa shape index (κ1) is 13.6. The number of aliphatic carboxylic acids is 1. The molecule has 7 heteroatoms. The lowest BCUT2D eigenvalue weighted by atomic mass is 10.2. The van der Waals surface area contributed by atoms with E-state index < -0.39 is 22.2 Å². The van der Waals surface area contributed by atoms with E-state index >= 15 is 0 Å². The number of hydrogen-bond acceptors (Lipinski definition) is 3. The van der Waals surface area contributed by atoms with Gasteiger partial charge in [-0.1, -0.05) is 30.3 Å². The molecule has 0 aliphatic carbocycles. The topological polar surface area (TPSA) is 95.5 Å². The number of carboxylic acids is 1. The lowest BCUT2D eigenvalue weighted by molar-refractivity contribution is -0.138. The molecule has 1 aromatic carbocycles. The van der Waals surface area contributed by atoms with Crippen molar-refractivity contribution in [2.24, 2.45) is 0 Å². The molecule has 0 bridgehead atoms. The Morgan fingerprint density at radius 1 is 1.35 bits per heavy atom. The third-order valence-electron chi connectivity index (χ3n) is 2.01. The van der Waals surface area contributed by atoms with Gasteiger partial charge in [0, 0.05) is 6.54 Å². The molecule has 3 N–H and O–H groups in total. The first-order chi connectivity index (χ1) is 7.91. The molecule has 0 aliphatic rings. The highest BCUT2D eigenvalue weighted by Crippen LogP contribution is 1.98. The molecule has 0 saturated carbocycles. The van der Waals surface area contributed by atoms with E-state index in [0.29, 0.717) is 0 Å². The van der Waals surface area contributed by atoms with Crippen LogP contribution in [0.15, 0.2) is 30.3 Å². The quantitative estimate of drug-likeness (QED) is 0.673. The van der Waals surface area contributed by atoms with Gasteiger partial charge in [0.1, 0.15) is 6.04 Å². The molecule has 1 atom stereocenters. The molecule has 6 nitrogen and oxygen atoms in total. The molecule has 0 radical (unpaired) electrons. The van der Waals surface area contributed by atoms with E-state index in [0.717, 1.165) is 5.56 Å². The van der Waals surface area contributed by atoms with Gasteiger partial charge in [0.15, 0.2) is 0 Å². The van der Waals surface area contributed by atoms with Crippen molar-refractivity contribution in [3.05, 3.63) is 35.9 Å². The Balaban J connectivity index is 2.54. The molecule has 0 spiro atoms. The van der Waals surface area contributed by atoms with Crippen LogP contribution >= 0.6 is 0 Å². The number of nitrogens with one attached hydrogen (secondary N) is 2. The minimum absolute atomic E-state index is 0.114. The highest BCUT2D eigenvalue weighted by atomic mass is 32.2. The second-order valence-corrected chi connectivity index (χ2v) is 5.02. The predicted molar refractivity (Wildman–Crippen MR) is 62.4 cm³/mol. The van der Waals surface area contributed by atoms with Crippen LogP contribution in [0.2, 0.25) is 0 Å². The maximum absolute atomic E-state index is 11.4. The Morgan fingerprint density at radius 3 is 2.47 bits per heavy atom. The van der Waals surface area contributed by atoms with Gasteiger partial charge in [-0.2, -0.15) is 17.9 Å². The third kappa shape index (κ3) is 4.94. The Hall–Kier alpha value is -1.44. The second-order valence-electron chi connectivity index (χ2n) is 3.49. The highest BCUT2D eigenvalue weighted by Gasteiger charge is 2.18. The zero-order chi connectivity index (χ0) is 12.9. The van der Waals surface area contributed by atoms with Crippen molar-refractivity contribution in [3.8, 4) is 0 Å². The van der Waals surface area contributed by atoms with Crippen molar-refractivity contribution in [1.82, 2.24) is 9.44 Å². The predicted octanol–water partition coefficient (Wildman–Crippen LogP) is 0.0837. The van der Waals surface area contributed by atoms with Crippen molar-refractivity contribution in [3.63, 3.8) is 0 Å². The minimum Gasteiger partial charge on any atom is -0.480 e. The van der Waals surface area contributed by atoms with E-state index in [4.69, 9.17) is 5.11 Å². The van der Waals surface area contributed by atoms with Gasteiger partial charge >= 0.3 is 5.97 Å². The van der Waals surface area contributed by atoms with Gasteiger partial charge in [0.25, 0.3) is 10.2 Å². The van der Waals surface area contributed by atoms with Crippen LogP contribution in [0.1, 0.15) is 12.5 Å². The number of carboxylic acid groups (broad SMARTS) is 1. The molecule has 0 unspecified atom stereocenters. The largest absolute Gasteiger partial charge is 0.480 e. The molecule has 1 aromatic rings. The van der Waals surface area contributed by atoms with E-state index in [9.17, 15) is 13.2 Å². The zero-order valence-electron chi connectivity index (χ0n) is 9.25. The summed E-state index contributed by atoms with van der Waals surface area (Å²) in [5.74, 6) is -1.23. The molecular weight excluding hydrogens is 244 g/mol. The summed E-state index contributed by atoms with van der Waals surface area (Å²) in [7, 11) is -3.80. The molecule has 17 heavy (non-hydrogen) atoms. The third-order valence-corrected chi connectivity index (χ3v) is 3.20. The van der Waals surface area contributed by atoms with E-state index in [1.165, 1.54) is 6.92 Å². The van der Waals surface area contributed by atoms with E-state index in [-0.39, 0.29) is 6.54 Å². The lowest BCUT2D eigenvalue weighted by Crippen LogP contribution is -2.44. The van der Waals surface area contributed by atoms with Gasteiger partial charge in [-0.25, -0.2) is 0 Å². The fourth-order valence-corrected chi connectivity index (χ4v) is 2.11. The molecule has 94 valence electrons. The monoisotopic (exact) mass is 258 g/mol. The normalized spacial score (nSPS) is 13.2. The van der Waals surface area contributed by atoms with E-state index in [1.54, 1.807) is 24.3 Å². The number of benzene rings is 1. The molecule has 0 fully saturated rings. The Bertz CT molecular complexity index is 472. The van der Waals surface area contributed by atoms with Crippen LogP contribution < -0.4 is 9.44 Å². The summed E-state index contributed by atoms with van der Waals surface area (Å²) in [6, 6.07) is 7.77. The molecule has 0 aromatic heterocycles. The summed E-state index contributed by atoms with van der Waals surface area (Å²) in [6.45, 7) is 1.37. The Labute approximate surface area is 99.8 Å². The van der Waals surface area contributed by atoms with Crippen molar-refractivity contribution in [2.75, 3.05) is 0 Å². The van der Waals surface area contributed by atoms with Gasteiger partial charge in [0.2, 0.25) is 0 Å². The standard InChI is InChI=1S/C10H14N2O4S/c1-8(10(13)14)12-17(15,16)11-7-9-5-3-2-4-6-9/h2-6,8,11-12H,7H2,1H3,(H,13,14)/t8-/m0/s1. The van der Waals surface area contributed by atoms with Crippen molar-refractivity contribution in [1.29, 1.82) is 0 Å². The smallest absolute Gasteiger partial charge is 0.321 e. The van der Waals surface area contributed by atoms with Gasteiger partial charge in [-0.15, -0.1) is 0 Å². The Morgan fingerprint density at radius 2 is 1.94 bits per heavy atom. The van der Waals surface area contributed by atoms with E-state index in [2.05, 4.69) is 4.72 Å². The summed E-state index contributed by atoms with van der Waals surface area (Å²) >= 11 is 0. The van der Waals surface area contributed by atoms with Crippen LogP contribution in [0.25, 0.3) is 0 Å². The summed E-state index contributed by atoms with van der Waals surface area (Å²) in [6.07, 6.45) is 0. The molecule has 1 rings (SSSR count). The van der Waals surface area contributed by atoms with Crippen molar-refractivity contribution in [2.45, 2.75) is 19.5 Å². The van der Waals surface area contributed by atoms with Crippen LogP contribution in [-0.4, -0.2) is 25.5 Å². The molecule has 0 aliphatic heterocycles. The highest BCUT2D eigenvalue weighted by molar-refractivity contribution is 7.87. The van der Waals surface area contributed by atoms with Crippen LogP contribution in [-0.2, 0) is 21.5 Å². The average Bonchev–Trinajstić information content (AvgIpc) is 2.27. The van der Waals surface area contributed by atoms with Crippen LogP contribution in [0.4, 0.5) is 0 Å². The van der Waals surface area contributed by atoms with Gasteiger partial charge in [0.05, 0.1) is 0 Å². The first-order valence-corrected chi connectivity index (χ1v) is 6.42. The number of hydrogen-bond donors (Lipinski definition) is 3. The lowest BCUT2D eigenvalue weighted by Gasteiger charge is -2.11. The maximum atomic E-state index is 11.4. The second kappa shape index (κ2) is 5.76. The Kier molecular flexibility index (Phi) is 4.62. The molecular formula is C10H14N2O4S. The molecule has 0 amide bonds. The summed E-state index contributed by atoms with van der Waals surface area (Å²) in [4.78, 5) is 10.5. The summed E-state index contributed by atoms with van der Waals surface area (Å²) in [5.41, 5.74) is 0.792. The summed E-state index contributed by atoms with van der Waals surface area (Å²) in [5, 5.41) is 8.58. The SMILES string of the molecule is C[C@H](NS(=O)(=O)NCc1ccccc1)C(=O)O. The zero-order valence-corrected chi connectivity index (χ0v) is 10.1. The number of carbonyl (C=O) groups is 1. The van der Waals surface area contributed by atoms with Crippen LogP contribution in [0.5, 0.6) is 0 Å². The summed E-state index contributed by atoms with van der Waals surface area (Å²) < 4.78 is 27.1.